The summed E-state index contributed by atoms with van der Waals surface area (Å²) in [6, 6.07) is 12.2. The van der Waals surface area contributed by atoms with Gasteiger partial charge in [-0.25, -0.2) is 0 Å². The van der Waals surface area contributed by atoms with Crippen molar-refractivity contribution in [1.29, 1.82) is 0 Å². The minimum Gasteiger partial charge on any atom is -0.311 e. The summed E-state index contributed by atoms with van der Waals surface area (Å²) in [5.74, 6) is 1.36. The second-order valence-corrected chi connectivity index (χ2v) is 7.59. The van der Waals surface area contributed by atoms with Gasteiger partial charge < -0.3 is 5.32 Å². The standard InChI is InChI=1S/C17H26N2S/c1-14-12-19(13-16-9-5-6-10-20-16)17(11-18-14)15-7-3-2-4-8-15/h2-4,7-8,14,16-18H,5-6,9-13H2,1H3. The number of nitrogens with one attached hydrogen (secondary N) is 1. The molecule has 0 radical (unpaired) electrons. The molecule has 1 aromatic rings. The summed E-state index contributed by atoms with van der Waals surface area (Å²) < 4.78 is 0. The third-order valence-corrected chi connectivity index (χ3v) is 5.89. The second kappa shape index (κ2) is 6.97. The molecule has 2 fully saturated rings. The second-order valence-electron chi connectivity index (χ2n) is 6.18. The number of hydrogen-bond donors (Lipinski definition) is 1. The number of piperazine rings is 1. The predicted molar refractivity (Wildman–Crippen MR) is 88.3 cm³/mol. The summed E-state index contributed by atoms with van der Waals surface area (Å²) >= 11 is 2.19. The van der Waals surface area contributed by atoms with Gasteiger partial charge in [-0.3, -0.25) is 4.90 Å². The molecule has 0 amide bonds. The van der Waals surface area contributed by atoms with E-state index in [4.69, 9.17) is 0 Å². The topological polar surface area (TPSA) is 15.3 Å². The highest BCUT2D eigenvalue weighted by Gasteiger charge is 2.29. The van der Waals surface area contributed by atoms with Gasteiger partial charge in [0.15, 0.2) is 0 Å². The highest BCUT2D eigenvalue weighted by Crippen LogP contribution is 2.30. The Kier molecular flexibility index (Phi) is 5.03. The summed E-state index contributed by atoms with van der Waals surface area (Å²) in [5.41, 5.74) is 1.47. The molecule has 110 valence electrons. The fourth-order valence-corrected chi connectivity index (χ4v) is 4.74. The van der Waals surface area contributed by atoms with E-state index in [9.17, 15) is 0 Å². The van der Waals surface area contributed by atoms with Crippen molar-refractivity contribution >= 4 is 11.8 Å². The molecule has 3 rings (SSSR count). The van der Waals surface area contributed by atoms with E-state index >= 15 is 0 Å². The van der Waals surface area contributed by atoms with Crippen LogP contribution in [0.15, 0.2) is 30.3 Å². The van der Waals surface area contributed by atoms with E-state index in [1.807, 2.05) is 0 Å². The Hall–Kier alpha value is -0.510. The van der Waals surface area contributed by atoms with Crippen molar-refractivity contribution in [3.8, 4) is 0 Å². The summed E-state index contributed by atoms with van der Waals surface area (Å²) in [4.78, 5) is 2.72. The first-order valence-electron chi connectivity index (χ1n) is 7.97. The molecule has 2 heterocycles. The van der Waals surface area contributed by atoms with E-state index in [-0.39, 0.29) is 0 Å². The molecule has 1 N–H and O–H groups in total. The largest absolute Gasteiger partial charge is 0.311 e. The van der Waals surface area contributed by atoms with Crippen molar-refractivity contribution in [3.05, 3.63) is 35.9 Å². The van der Waals surface area contributed by atoms with Crippen LogP contribution in [0, 0.1) is 0 Å². The maximum absolute atomic E-state index is 3.65. The summed E-state index contributed by atoms with van der Waals surface area (Å²) in [7, 11) is 0. The normalized spacial score (nSPS) is 32.1. The molecule has 3 heteroatoms. The van der Waals surface area contributed by atoms with Gasteiger partial charge in [-0.15, -0.1) is 0 Å². The Bertz CT molecular complexity index is 403. The lowest BCUT2D eigenvalue weighted by atomic mass is 10.0. The molecule has 0 aromatic heterocycles. The monoisotopic (exact) mass is 290 g/mol. The summed E-state index contributed by atoms with van der Waals surface area (Å²) in [5, 5.41) is 4.50. The zero-order valence-corrected chi connectivity index (χ0v) is 13.2. The molecular weight excluding hydrogens is 264 g/mol. The zero-order valence-electron chi connectivity index (χ0n) is 12.4. The summed E-state index contributed by atoms with van der Waals surface area (Å²) in [6.45, 7) is 5.83. The number of nitrogens with zero attached hydrogens (tertiary/aromatic N) is 1. The molecule has 0 bridgehead atoms. The molecule has 3 atom stereocenters. The molecule has 0 spiro atoms. The van der Waals surface area contributed by atoms with Crippen LogP contribution in [0.2, 0.25) is 0 Å². The minimum absolute atomic E-state index is 0.551. The molecule has 2 aliphatic rings. The first-order valence-corrected chi connectivity index (χ1v) is 9.02. The first kappa shape index (κ1) is 14.4. The van der Waals surface area contributed by atoms with Gasteiger partial charge in [0.1, 0.15) is 0 Å². The van der Waals surface area contributed by atoms with Crippen LogP contribution >= 0.6 is 11.8 Å². The maximum atomic E-state index is 3.65. The van der Waals surface area contributed by atoms with Crippen molar-refractivity contribution in [2.24, 2.45) is 0 Å². The van der Waals surface area contributed by atoms with Crippen LogP contribution in [0.25, 0.3) is 0 Å². The van der Waals surface area contributed by atoms with E-state index in [0.29, 0.717) is 12.1 Å². The Labute approximate surface area is 127 Å². The predicted octanol–water partition coefficient (Wildman–Crippen LogP) is 3.31. The third kappa shape index (κ3) is 3.57. The lowest BCUT2D eigenvalue weighted by Gasteiger charge is -2.41. The van der Waals surface area contributed by atoms with E-state index in [0.717, 1.165) is 11.8 Å². The van der Waals surface area contributed by atoms with Crippen molar-refractivity contribution < 1.29 is 0 Å². The van der Waals surface area contributed by atoms with E-state index in [1.54, 1.807) is 0 Å². The molecule has 0 aliphatic carbocycles. The van der Waals surface area contributed by atoms with Crippen molar-refractivity contribution in [1.82, 2.24) is 10.2 Å². The van der Waals surface area contributed by atoms with Gasteiger partial charge in [-0.2, -0.15) is 11.8 Å². The van der Waals surface area contributed by atoms with E-state index in [2.05, 4.69) is 59.2 Å². The van der Waals surface area contributed by atoms with Gasteiger partial charge in [0.25, 0.3) is 0 Å². The van der Waals surface area contributed by atoms with Gasteiger partial charge in [0, 0.05) is 37.0 Å². The highest BCUT2D eigenvalue weighted by molar-refractivity contribution is 7.99. The Morgan fingerprint density at radius 1 is 1.25 bits per heavy atom. The van der Waals surface area contributed by atoms with Crippen molar-refractivity contribution in [3.63, 3.8) is 0 Å². The fourth-order valence-electron chi connectivity index (χ4n) is 3.40. The van der Waals surface area contributed by atoms with Crippen molar-refractivity contribution in [2.45, 2.75) is 43.5 Å². The number of rotatable bonds is 3. The quantitative estimate of drug-likeness (QED) is 0.919. The smallest absolute Gasteiger partial charge is 0.0473 e. The maximum Gasteiger partial charge on any atom is 0.0473 e. The fraction of sp³-hybridized carbons (Fsp3) is 0.647. The van der Waals surface area contributed by atoms with Crippen LogP contribution in [-0.2, 0) is 0 Å². The van der Waals surface area contributed by atoms with Crippen LogP contribution in [0.4, 0.5) is 0 Å². The van der Waals surface area contributed by atoms with Crippen molar-refractivity contribution in [2.75, 3.05) is 25.4 Å². The Morgan fingerprint density at radius 3 is 2.85 bits per heavy atom. The molecule has 2 nitrogen and oxygen atoms in total. The van der Waals surface area contributed by atoms with E-state index in [1.165, 1.54) is 43.7 Å². The number of hydrogen-bond acceptors (Lipinski definition) is 3. The van der Waals surface area contributed by atoms with Gasteiger partial charge >= 0.3 is 0 Å². The molecule has 20 heavy (non-hydrogen) atoms. The van der Waals surface area contributed by atoms with Gasteiger partial charge in [0.05, 0.1) is 0 Å². The van der Waals surface area contributed by atoms with E-state index < -0.39 is 0 Å². The van der Waals surface area contributed by atoms with Gasteiger partial charge in [0.2, 0.25) is 0 Å². The first-order chi connectivity index (χ1) is 9.83. The van der Waals surface area contributed by atoms with Crippen LogP contribution in [0.3, 0.4) is 0 Å². The Balaban J connectivity index is 1.69. The lowest BCUT2D eigenvalue weighted by molar-refractivity contribution is 0.134. The molecule has 1 aromatic carbocycles. The minimum atomic E-state index is 0.551. The average molecular weight is 290 g/mol. The van der Waals surface area contributed by atoms with Crippen LogP contribution in [0.1, 0.15) is 37.8 Å². The number of thioether (sulfide) groups is 1. The SMILES string of the molecule is CC1CN(CC2CCCCS2)C(c2ccccc2)CN1. The van der Waals surface area contributed by atoms with Crippen LogP contribution in [0.5, 0.6) is 0 Å². The molecule has 2 saturated heterocycles. The summed E-state index contributed by atoms with van der Waals surface area (Å²) in [6.07, 6.45) is 4.25. The lowest BCUT2D eigenvalue weighted by Crippen LogP contribution is -2.52. The van der Waals surface area contributed by atoms with Crippen LogP contribution < -0.4 is 5.32 Å². The average Bonchev–Trinajstić information content (AvgIpc) is 2.49. The van der Waals surface area contributed by atoms with Gasteiger partial charge in [-0.05, 0) is 31.1 Å². The third-order valence-electron chi connectivity index (χ3n) is 4.51. The van der Waals surface area contributed by atoms with Gasteiger partial charge in [-0.1, -0.05) is 36.8 Å². The molecule has 0 saturated carbocycles. The Morgan fingerprint density at radius 2 is 2.10 bits per heavy atom. The van der Waals surface area contributed by atoms with Crippen LogP contribution in [-0.4, -0.2) is 41.6 Å². The molecule has 3 unspecified atom stereocenters. The molecule has 2 aliphatic heterocycles. The highest BCUT2D eigenvalue weighted by atomic mass is 32.2. The molecular formula is C17H26N2S. The number of benzene rings is 1. The zero-order chi connectivity index (χ0) is 13.8.